The summed E-state index contributed by atoms with van der Waals surface area (Å²) in [5.74, 6) is -0.464. The highest BCUT2D eigenvalue weighted by molar-refractivity contribution is 7.99. The maximum Gasteiger partial charge on any atom is 0.340 e. The molecule has 7 heteroatoms. The lowest BCUT2D eigenvalue weighted by Crippen LogP contribution is -2.08. The van der Waals surface area contributed by atoms with E-state index in [-0.39, 0.29) is 12.3 Å². The summed E-state index contributed by atoms with van der Waals surface area (Å²) in [7, 11) is 0. The topological polar surface area (TPSA) is 65.2 Å². The fourth-order valence-electron chi connectivity index (χ4n) is 1.55. The molecular formula is C14H12Cl2N2O2S. The molecule has 2 rings (SSSR count). The van der Waals surface area contributed by atoms with Gasteiger partial charge in [-0.25, -0.2) is 9.78 Å². The Morgan fingerprint density at radius 2 is 2.10 bits per heavy atom. The molecule has 0 aliphatic heterocycles. The van der Waals surface area contributed by atoms with Crippen LogP contribution < -0.4 is 5.73 Å². The van der Waals surface area contributed by atoms with Crippen LogP contribution in [0.1, 0.15) is 17.3 Å². The first-order valence-corrected chi connectivity index (χ1v) is 7.64. The number of pyridine rings is 1. The smallest absolute Gasteiger partial charge is 0.340 e. The van der Waals surface area contributed by atoms with Crippen LogP contribution in [0, 0.1) is 0 Å². The van der Waals surface area contributed by atoms with Crippen molar-refractivity contribution in [3.8, 4) is 0 Å². The van der Waals surface area contributed by atoms with Crippen molar-refractivity contribution in [2.24, 2.45) is 0 Å². The molecule has 1 heterocycles. The van der Waals surface area contributed by atoms with Crippen LogP contribution in [-0.2, 0) is 4.74 Å². The highest BCUT2D eigenvalue weighted by atomic mass is 35.5. The number of rotatable bonds is 4. The van der Waals surface area contributed by atoms with Crippen LogP contribution in [0.3, 0.4) is 0 Å². The zero-order valence-electron chi connectivity index (χ0n) is 11.1. The summed E-state index contributed by atoms with van der Waals surface area (Å²) in [6, 6.07) is 6.86. The lowest BCUT2D eigenvalue weighted by atomic mass is 10.2. The van der Waals surface area contributed by atoms with E-state index in [9.17, 15) is 4.79 Å². The minimum absolute atomic E-state index is 0.284. The van der Waals surface area contributed by atoms with Crippen LogP contribution in [0.2, 0.25) is 10.0 Å². The van der Waals surface area contributed by atoms with Gasteiger partial charge in [0.05, 0.1) is 34.1 Å². The summed E-state index contributed by atoms with van der Waals surface area (Å²) in [5, 5.41) is 1.56. The number of esters is 1. The number of aromatic nitrogens is 1. The van der Waals surface area contributed by atoms with Crippen molar-refractivity contribution >= 4 is 46.6 Å². The van der Waals surface area contributed by atoms with E-state index in [4.69, 9.17) is 33.7 Å². The number of benzene rings is 1. The molecule has 4 nitrogen and oxygen atoms in total. The molecule has 0 amide bonds. The number of nitrogen functional groups attached to an aromatic ring is 1. The van der Waals surface area contributed by atoms with Crippen molar-refractivity contribution in [2.45, 2.75) is 16.8 Å². The zero-order chi connectivity index (χ0) is 15.4. The Labute approximate surface area is 136 Å². The molecular weight excluding hydrogens is 331 g/mol. The van der Waals surface area contributed by atoms with E-state index in [0.717, 1.165) is 4.90 Å². The molecule has 0 radical (unpaired) electrons. The Morgan fingerprint density at radius 1 is 1.33 bits per heavy atom. The second kappa shape index (κ2) is 7.02. The number of halogens is 2. The molecule has 0 unspecified atom stereocenters. The van der Waals surface area contributed by atoms with Crippen LogP contribution in [0.5, 0.6) is 0 Å². The molecule has 0 fully saturated rings. The number of anilines is 1. The van der Waals surface area contributed by atoms with Gasteiger partial charge in [-0.15, -0.1) is 0 Å². The first-order chi connectivity index (χ1) is 10.0. The molecule has 0 atom stereocenters. The van der Waals surface area contributed by atoms with E-state index in [2.05, 4.69) is 4.98 Å². The number of carbonyl (C=O) groups excluding carboxylic acids is 1. The molecule has 0 saturated heterocycles. The molecule has 0 aliphatic rings. The number of nitrogens with zero attached hydrogens (tertiary/aromatic N) is 1. The average molecular weight is 343 g/mol. The molecule has 0 aliphatic carbocycles. The number of carbonyl (C=O) groups is 1. The molecule has 0 spiro atoms. The highest BCUT2D eigenvalue weighted by Gasteiger charge is 2.13. The summed E-state index contributed by atoms with van der Waals surface area (Å²) < 4.78 is 4.95. The first kappa shape index (κ1) is 15.9. The van der Waals surface area contributed by atoms with Crippen molar-refractivity contribution < 1.29 is 9.53 Å². The Balaban J connectivity index is 2.26. The van der Waals surface area contributed by atoms with Gasteiger partial charge in [-0.05, 0) is 31.2 Å². The van der Waals surface area contributed by atoms with Crippen molar-refractivity contribution in [1.82, 2.24) is 4.98 Å². The van der Waals surface area contributed by atoms with Gasteiger partial charge in [-0.1, -0.05) is 35.0 Å². The maximum absolute atomic E-state index is 11.8. The highest BCUT2D eigenvalue weighted by Crippen LogP contribution is 2.32. The normalized spacial score (nSPS) is 10.4. The van der Waals surface area contributed by atoms with Crippen molar-refractivity contribution in [3.63, 3.8) is 0 Å². The monoisotopic (exact) mass is 342 g/mol. The van der Waals surface area contributed by atoms with E-state index in [0.29, 0.717) is 20.6 Å². The van der Waals surface area contributed by atoms with E-state index in [1.165, 1.54) is 18.0 Å². The predicted molar refractivity (Wildman–Crippen MR) is 85.2 cm³/mol. The summed E-state index contributed by atoms with van der Waals surface area (Å²) in [6.45, 7) is 2.02. The van der Waals surface area contributed by atoms with Gasteiger partial charge in [0.15, 0.2) is 0 Å². The largest absolute Gasteiger partial charge is 0.462 e. The third kappa shape index (κ3) is 4.03. The fourth-order valence-corrected chi connectivity index (χ4v) is 2.75. The van der Waals surface area contributed by atoms with Crippen LogP contribution in [0.15, 0.2) is 40.4 Å². The summed E-state index contributed by atoms with van der Waals surface area (Å²) >= 11 is 13.2. The predicted octanol–water partition coefficient (Wildman–Crippen LogP) is 4.30. The molecule has 2 N–H and O–H groups in total. The van der Waals surface area contributed by atoms with E-state index in [1.807, 2.05) is 6.07 Å². The minimum Gasteiger partial charge on any atom is -0.462 e. The molecule has 1 aromatic heterocycles. The standard InChI is InChI=1S/C14H12Cl2N2O2S/c1-2-20-14(19)9-6-13(18-7-12(9)17)21-8-3-4-10(15)11(16)5-8/h3-7H,2,17H2,1H3. The third-order valence-electron chi connectivity index (χ3n) is 2.52. The van der Waals surface area contributed by atoms with Gasteiger partial charge in [0, 0.05) is 4.90 Å². The number of nitrogens with two attached hydrogens (primary N) is 1. The number of ether oxygens (including phenoxy) is 1. The van der Waals surface area contributed by atoms with E-state index in [1.54, 1.807) is 25.1 Å². The molecule has 2 aromatic rings. The molecule has 1 aromatic carbocycles. The van der Waals surface area contributed by atoms with Gasteiger partial charge in [-0.2, -0.15) is 0 Å². The van der Waals surface area contributed by atoms with E-state index >= 15 is 0 Å². The Bertz CT molecular complexity index is 680. The Hall–Kier alpha value is -1.43. The number of hydrogen-bond donors (Lipinski definition) is 1. The Morgan fingerprint density at radius 3 is 2.76 bits per heavy atom. The summed E-state index contributed by atoms with van der Waals surface area (Å²) in [5.41, 5.74) is 6.33. The Kier molecular flexibility index (Phi) is 5.33. The van der Waals surface area contributed by atoms with Gasteiger partial charge in [0.25, 0.3) is 0 Å². The van der Waals surface area contributed by atoms with Crippen molar-refractivity contribution in [3.05, 3.63) is 46.1 Å². The van der Waals surface area contributed by atoms with Crippen molar-refractivity contribution in [2.75, 3.05) is 12.3 Å². The van der Waals surface area contributed by atoms with Crippen LogP contribution in [0.4, 0.5) is 5.69 Å². The molecule has 0 bridgehead atoms. The first-order valence-electron chi connectivity index (χ1n) is 6.06. The molecule has 0 saturated carbocycles. The molecule has 21 heavy (non-hydrogen) atoms. The van der Waals surface area contributed by atoms with Crippen molar-refractivity contribution in [1.29, 1.82) is 0 Å². The average Bonchev–Trinajstić information content (AvgIpc) is 2.45. The second-order valence-corrected chi connectivity index (χ2v) is 5.92. The van der Waals surface area contributed by atoms with Gasteiger partial charge in [0.2, 0.25) is 0 Å². The van der Waals surface area contributed by atoms with Crippen LogP contribution in [0.25, 0.3) is 0 Å². The van der Waals surface area contributed by atoms with Crippen LogP contribution >= 0.6 is 35.0 Å². The van der Waals surface area contributed by atoms with Gasteiger partial charge in [0.1, 0.15) is 5.03 Å². The summed E-state index contributed by atoms with van der Waals surface area (Å²) in [6.07, 6.45) is 1.44. The summed E-state index contributed by atoms with van der Waals surface area (Å²) in [4.78, 5) is 16.8. The van der Waals surface area contributed by atoms with Gasteiger partial charge >= 0.3 is 5.97 Å². The number of hydrogen-bond acceptors (Lipinski definition) is 5. The van der Waals surface area contributed by atoms with E-state index < -0.39 is 5.97 Å². The molecule has 110 valence electrons. The van der Waals surface area contributed by atoms with Crippen LogP contribution in [-0.4, -0.2) is 17.6 Å². The van der Waals surface area contributed by atoms with Gasteiger partial charge in [-0.3, -0.25) is 0 Å². The maximum atomic E-state index is 11.8. The zero-order valence-corrected chi connectivity index (χ0v) is 13.4. The van der Waals surface area contributed by atoms with Gasteiger partial charge < -0.3 is 10.5 Å². The minimum atomic E-state index is -0.464. The quantitative estimate of drug-likeness (QED) is 0.839. The second-order valence-electron chi connectivity index (χ2n) is 4.01. The third-order valence-corrected chi connectivity index (χ3v) is 4.18. The SMILES string of the molecule is CCOC(=O)c1cc(Sc2ccc(Cl)c(Cl)c2)ncc1N. The lowest BCUT2D eigenvalue weighted by Gasteiger charge is -2.07. The lowest BCUT2D eigenvalue weighted by molar-refractivity contribution is 0.0527. The fraction of sp³-hybridized carbons (Fsp3) is 0.143.